The van der Waals surface area contributed by atoms with Gasteiger partial charge in [0.25, 0.3) is 0 Å². The summed E-state index contributed by atoms with van der Waals surface area (Å²) in [5.41, 5.74) is 0. The van der Waals surface area contributed by atoms with E-state index >= 15 is 0 Å². The van der Waals surface area contributed by atoms with Crippen LogP contribution in [0.5, 0.6) is 0 Å². The number of hydrogen-bond acceptors (Lipinski definition) is 7. The highest BCUT2D eigenvalue weighted by Crippen LogP contribution is 2.18. The van der Waals surface area contributed by atoms with Gasteiger partial charge in [-0.15, -0.1) is 5.10 Å². The van der Waals surface area contributed by atoms with Crippen molar-refractivity contribution in [3.05, 3.63) is 0 Å². The van der Waals surface area contributed by atoms with Gasteiger partial charge in [-0.2, -0.15) is 0 Å². The van der Waals surface area contributed by atoms with Crippen LogP contribution < -0.4 is 0 Å². The number of carbonyl (C=O) groups excluding carboxylic acids is 2. The summed E-state index contributed by atoms with van der Waals surface area (Å²) in [6.45, 7) is 8.14. The summed E-state index contributed by atoms with van der Waals surface area (Å²) in [4.78, 5) is 27.3. The zero-order chi connectivity index (χ0) is 16.8. The third-order valence-electron chi connectivity index (χ3n) is 3.43. The van der Waals surface area contributed by atoms with Crippen molar-refractivity contribution in [3.8, 4) is 0 Å². The van der Waals surface area contributed by atoms with Crippen LogP contribution in [-0.4, -0.2) is 80.5 Å². The highest BCUT2D eigenvalue weighted by molar-refractivity contribution is 7.99. The van der Waals surface area contributed by atoms with Gasteiger partial charge in [-0.1, -0.05) is 11.8 Å². The Morgan fingerprint density at radius 1 is 1.22 bits per heavy atom. The number of tetrazole rings is 1. The lowest BCUT2D eigenvalue weighted by atomic mass is 10.3. The number of ether oxygens (including phenoxy) is 1. The fourth-order valence-electron chi connectivity index (χ4n) is 2.18. The predicted molar refractivity (Wildman–Crippen MR) is 84.1 cm³/mol. The maximum Gasteiger partial charge on any atom is 0.409 e. The predicted octanol–water partition coefficient (Wildman–Crippen LogP) is 0.647. The molecule has 9 nitrogen and oxygen atoms in total. The van der Waals surface area contributed by atoms with E-state index in [-0.39, 0.29) is 23.8 Å². The van der Waals surface area contributed by atoms with Crippen LogP contribution in [0.2, 0.25) is 0 Å². The van der Waals surface area contributed by atoms with E-state index < -0.39 is 0 Å². The van der Waals surface area contributed by atoms with Crippen LogP contribution in [0.15, 0.2) is 5.16 Å². The smallest absolute Gasteiger partial charge is 0.409 e. The number of amides is 2. The van der Waals surface area contributed by atoms with Gasteiger partial charge in [0.05, 0.1) is 18.4 Å². The first kappa shape index (κ1) is 17.5. The fourth-order valence-corrected chi connectivity index (χ4v) is 3.08. The minimum Gasteiger partial charge on any atom is -0.450 e. The third-order valence-corrected chi connectivity index (χ3v) is 4.35. The molecule has 0 bridgehead atoms. The van der Waals surface area contributed by atoms with Crippen molar-refractivity contribution in [2.24, 2.45) is 0 Å². The number of thioether (sulfide) groups is 1. The molecule has 2 rings (SSSR count). The van der Waals surface area contributed by atoms with E-state index in [0.717, 1.165) is 0 Å². The van der Waals surface area contributed by atoms with Crippen LogP contribution in [0.4, 0.5) is 4.79 Å². The molecular weight excluding hydrogens is 320 g/mol. The lowest BCUT2D eigenvalue weighted by Gasteiger charge is -2.34. The summed E-state index contributed by atoms with van der Waals surface area (Å²) < 4.78 is 6.65. The summed E-state index contributed by atoms with van der Waals surface area (Å²) >= 11 is 1.33. The van der Waals surface area contributed by atoms with Crippen LogP contribution in [0, 0.1) is 0 Å². The van der Waals surface area contributed by atoms with Crippen LogP contribution in [0.1, 0.15) is 26.8 Å². The fraction of sp³-hybridized carbons (Fsp3) is 0.769. The van der Waals surface area contributed by atoms with E-state index in [1.54, 1.807) is 21.4 Å². The Morgan fingerprint density at radius 2 is 1.87 bits per heavy atom. The van der Waals surface area contributed by atoms with Crippen molar-refractivity contribution in [1.29, 1.82) is 0 Å². The van der Waals surface area contributed by atoms with E-state index in [9.17, 15) is 9.59 Å². The summed E-state index contributed by atoms with van der Waals surface area (Å²) in [6.07, 6.45) is -0.315. The average molecular weight is 342 g/mol. The molecule has 1 aromatic heterocycles. The Hall–Kier alpha value is -1.84. The molecule has 1 aromatic rings. The molecule has 0 saturated carbocycles. The number of rotatable bonds is 5. The highest BCUT2D eigenvalue weighted by Gasteiger charge is 2.25. The number of aromatic nitrogens is 4. The minimum atomic E-state index is -0.315. The van der Waals surface area contributed by atoms with Gasteiger partial charge in [-0.25, -0.2) is 9.48 Å². The van der Waals surface area contributed by atoms with Crippen LogP contribution >= 0.6 is 11.8 Å². The maximum absolute atomic E-state index is 12.3. The van der Waals surface area contributed by atoms with Gasteiger partial charge in [0.2, 0.25) is 11.1 Å². The van der Waals surface area contributed by atoms with E-state index in [1.807, 2.05) is 13.8 Å². The van der Waals surface area contributed by atoms with Crippen LogP contribution in [0.25, 0.3) is 0 Å². The zero-order valence-electron chi connectivity index (χ0n) is 13.6. The Kier molecular flexibility index (Phi) is 6.20. The van der Waals surface area contributed by atoms with Crippen LogP contribution in [-0.2, 0) is 9.53 Å². The Balaban J connectivity index is 1.79. The van der Waals surface area contributed by atoms with Gasteiger partial charge < -0.3 is 14.5 Å². The molecule has 0 unspecified atom stereocenters. The Morgan fingerprint density at radius 3 is 2.48 bits per heavy atom. The van der Waals surface area contributed by atoms with Crippen molar-refractivity contribution in [1.82, 2.24) is 30.0 Å². The summed E-state index contributed by atoms with van der Waals surface area (Å²) in [5, 5.41) is 12.1. The second-order valence-electron chi connectivity index (χ2n) is 5.36. The second kappa shape index (κ2) is 8.14. The molecule has 23 heavy (non-hydrogen) atoms. The van der Waals surface area contributed by atoms with E-state index in [2.05, 4.69) is 15.5 Å². The lowest BCUT2D eigenvalue weighted by molar-refractivity contribution is -0.129. The zero-order valence-corrected chi connectivity index (χ0v) is 14.5. The topological polar surface area (TPSA) is 93.4 Å². The highest BCUT2D eigenvalue weighted by atomic mass is 32.2. The number of piperazine rings is 1. The molecule has 1 aliphatic rings. The largest absolute Gasteiger partial charge is 0.450 e. The number of carbonyl (C=O) groups is 2. The molecule has 0 N–H and O–H groups in total. The normalized spacial score (nSPS) is 15.1. The molecule has 128 valence electrons. The van der Waals surface area contributed by atoms with Gasteiger partial charge in [-0.3, -0.25) is 4.79 Å². The van der Waals surface area contributed by atoms with Crippen molar-refractivity contribution < 1.29 is 14.3 Å². The molecule has 1 aliphatic heterocycles. The molecule has 10 heteroatoms. The van der Waals surface area contributed by atoms with E-state index in [4.69, 9.17) is 4.74 Å². The van der Waals surface area contributed by atoms with Gasteiger partial charge >= 0.3 is 6.09 Å². The Labute approximate surface area is 139 Å². The summed E-state index contributed by atoms with van der Waals surface area (Å²) in [5.74, 6) is 0.309. The molecule has 1 saturated heterocycles. The standard InChI is InChI=1S/C13H22N6O3S/c1-4-22-13(21)18-7-5-17(6-8-18)11(20)9-23-12-14-15-16-19(12)10(2)3/h10H,4-9H2,1-3H3. The molecule has 2 heterocycles. The second-order valence-corrected chi connectivity index (χ2v) is 6.30. The Bertz CT molecular complexity index is 542. The SMILES string of the molecule is CCOC(=O)N1CCN(C(=O)CSc2nnnn2C(C)C)CC1. The van der Waals surface area contributed by atoms with Crippen molar-refractivity contribution >= 4 is 23.8 Å². The first-order valence-electron chi connectivity index (χ1n) is 7.63. The van der Waals surface area contributed by atoms with E-state index in [1.165, 1.54) is 11.8 Å². The van der Waals surface area contributed by atoms with E-state index in [0.29, 0.717) is 37.9 Å². The van der Waals surface area contributed by atoms with Crippen molar-refractivity contribution in [2.75, 3.05) is 38.5 Å². The lowest BCUT2D eigenvalue weighted by Crippen LogP contribution is -2.51. The molecule has 1 fully saturated rings. The molecule has 2 amide bonds. The van der Waals surface area contributed by atoms with Gasteiger partial charge in [0, 0.05) is 26.2 Å². The summed E-state index contributed by atoms with van der Waals surface area (Å²) in [7, 11) is 0. The van der Waals surface area contributed by atoms with Gasteiger partial charge in [-0.05, 0) is 31.2 Å². The molecular formula is C13H22N6O3S. The maximum atomic E-state index is 12.3. The summed E-state index contributed by atoms with van der Waals surface area (Å²) in [6, 6.07) is 0.149. The molecule has 0 atom stereocenters. The monoisotopic (exact) mass is 342 g/mol. The number of nitrogens with zero attached hydrogens (tertiary/aromatic N) is 6. The van der Waals surface area contributed by atoms with Crippen molar-refractivity contribution in [3.63, 3.8) is 0 Å². The van der Waals surface area contributed by atoms with Crippen LogP contribution in [0.3, 0.4) is 0 Å². The molecule has 0 radical (unpaired) electrons. The third kappa shape index (κ3) is 4.57. The van der Waals surface area contributed by atoms with Gasteiger partial charge in [0.15, 0.2) is 0 Å². The van der Waals surface area contributed by atoms with Crippen molar-refractivity contribution in [2.45, 2.75) is 32.0 Å². The number of hydrogen-bond donors (Lipinski definition) is 0. The minimum absolute atomic E-state index is 0.0248. The average Bonchev–Trinajstić information content (AvgIpc) is 3.02. The van der Waals surface area contributed by atoms with Gasteiger partial charge in [0.1, 0.15) is 0 Å². The first-order valence-corrected chi connectivity index (χ1v) is 8.61. The first-order chi connectivity index (χ1) is 11.0. The molecule has 0 aromatic carbocycles. The molecule has 0 spiro atoms. The quantitative estimate of drug-likeness (QED) is 0.725. The molecule has 0 aliphatic carbocycles.